The van der Waals surface area contributed by atoms with E-state index < -0.39 is 11.6 Å². The highest BCUT2D eigenvalue weighted by Crippen LogP contribution is 2.26. The number of hydrogen-bond donors (Lipinski definition) is 2. The van der Waals surface area contributed by atoms with E-state index in [9.17, 15) is 13.6 Å². The molecule has 1 aliphatic carbocycles. The van der Waals surface area contributed by atoms with Gasteiger partial charge in [-0.1, -0.05) is 6.42 Å². The van der Waals surface area contributed by atoms with Crippen LogP contribution in [0.2, 0.25) is 0 Å². The summed E-state index contributed by atoms with van der Waals surface area (Å²) in [5.74, 6) is -1.25. The molecule has 0 aliphatic heterocycles. The molecule has 1 amide bonds. The highest BCUT2D eigenvalue weighted by molar-refractivity contribution is 5.85. The van der Waals surface area contributed by atoms with Crippen LogP contribution in [0.15, 0.2) is 18.2 Å². The predicted octanol–water partition coefficient (Wildman–Crippen LogP) is 2.40. The summed E-state index contributed by atoms with van der Waals surface area (Å²) in [4.78, 5) is 11.7. The Morgan fingerprint density at radius 3 is 2.77 bits per heavy atom. The van der Waals surface area contributed by atoms with Crippen molar-refractivity contribution < 1.29 is 18.3 Å². The fourth-order valence-corrected chi connectivity index (χ4v) is 2.57. The monoisotopic (exact) mass is 334 g/mol. The van der Waals surface area contributed by atoms with Crippen molar-refractivity contribution >= 4 is 18.3 Å². The minimum absolute atomic E-state index is 0. The first-order valence-electron chi connectivity index (χ1n) is 7.16. The molecule has 0 heterocycles. The topological polar surface area (TPSA) is 64.4 Å². The van der Waals surface area contributed by atoms with Gasteiger partial charge in [-0.3, -0.25) is 4.79 Å². The lowest BCUT2D eigenvalue weighted by molar-refractivity contribution is -0.122. The summed E-state index contributed by atoms with van der Waals surface area (Å²) in [6.07, 6.45) is 3.47. The number of benzene rings is 1. The Labute approximate surface area is 134 Å². The zero-order valence-electron chi connectivity index (χ0n) is 12.2. The van der Waals surface area contributed by atoms with Crippen molar-refractivity contribution in [1.29, 1.82) is 0 Å². The van der Waals surface area contributed by atoms with Gasteiger partial charge in [-0.25, -0.2) is 8.78 Å². The summed E-state index contributed by atoms with van der Waals surface area (Å²) in [5.41, 5.74) is 5.91. The quantitative estimate of drug-likeness (QED) is 0.785. The van der Waals surface area contributed by atoms with E-state index in [1.807, 2.05) is 0 Å². The average molecular weight is 335 g/mol. The van der Waals surface area contributed by atoms with E-state index in [0.29, 0.717) is 6.42 Å². The molecule has 1 fully saturated rings. The molecular weight excluding hydrogens is 314 g/mol. The van der Waals surface area contributed by atoms with Gasteiger partial charge >= 0.3 is 0 Å². The normalized spacial score (nSPS) is 20.3. The van der Waals surface area contributed by atoms with Gasteiger partial charge in [0.15, 0.2) is 11.6 Å². The first-order chi connectivity index (χ1) is 10.1. The first kappa shape index (κ1) is 18.6. The van der Waals surface area contributed by atoms with Crippen molar-refractivity contribution in [2.75, 3.05) is 13.2 Å². The minimum Gasteiger partial charge on any atom is -0.489 e. The summed E-state index contributed by atoms with van der Waals surface area (Å²) in [6, 6.07) is 3.22. The number of ether oxygens (including phenoxy) is 1. The molecule has 7 heteroatoms. The molecule has 0 saturated heterocycles. The minimum atomic E-state index is -0.752. The van der Waals surface area contributed by atoms with E-state index in [0.717, 1.165) is 31.4 Å². The largest absolute Gasteiger partial charge is 0.489 e. The Balaban J connectivity index is 0.00000242. The van der Waals surface area contributed by atoms with Crippen LogP contribution < -0.4 is 15.8 Å². The second kappa shape index (κ2) is 8.90. The van der Waals surface area contributed by atoms with Crippen molar-refractivity contribution in [3.8, 4) is 5.75 Å². The Hall–Kier alpha value is -1.40. The van der Waals surface area contributed by atoms with Gasteiger partial charge < -0.3 is 15.8 Å². The zero-order chi connectivity index (χ0) is 15.2. The fourth-order valence-electron chi connectivity index (χ4n) is 2.57. The maximum Gasteiger partial charge on any atom is 0.220 e. The van der Waals surface area contributed by atoms with Crippen LogP contribution in [-0.4, -0.2) is 25.1 Å². The van der Waals surface area contributed by atoms with Gasteiger partial charge in [0, 0.05) is 18.5 Å². The lowest BCUT2D eigenvalue weighted by Gasteiger charge is -2.15. The molecule has 124 valence electrons. The molecule has 1 aromatic carbocycles. The first-order valence-corrected chi connectivity index (χ1v) is 7.16. The van der Waals surface area contributed by atoms with E-state index in [1.54, 1.807) is 0 Å². The van der Waals surface area contributed by atoms with Crippen molar-refractivity contribution in [1.82, 2.24) is 5.32 Å². The molecule has 1 aromatic rings. The third kappa shape index (κ3) is 5.42. The van der Waals surface area contributed by atoms with Crippen LogP contribution in [0.4, 0.5) is 8.78 Å². The van der Waals surface area contributed by atoms with Crippen molar-refractivity contribution in [3.63, 3.8) is 0 Å². The summed E-state index contributed by atoms with van der Waals surface area (Å²) in [5, 5.41) is 2.72. The van der Waals surface area contributed by atoms with Crippen molar-refractivity contribution in [2.24, 2.45) is 11.7 Å². The highest BCUT2D eigenvalue weighted by Gasteiger charge is 2.25. The Morgan fingerprint density at radius 1 is 1.36 bits per heavy atom. The number of nitrogens with one attached hydrogen (secondary N) is 1. The summed E-state index contributed by atoms with van der Waals surface area (Å²) < 4.78 is 31.1. The van der Waals surface area contributed by atoms with Crippen LogP contribution in [0.25, 0.3) is 0 Å². The Bertz CT molecular complexity index is 502. The van der Waals surface area contributed by atoms with Gasteiger partial charge in [0.2, 0.25) is 5.91 Å². The van der Waals surface area contributed by atoms with E-state index in [1.165, 1.54) is 6.07 Å². The fraction of sp³-hybridized carbons (Fsp3) is 0.533. The van der Waals surface area contributed by atoms with Crippen LogP contribution in [0, 0.1) is 17.6 Å². The zero-order valence-corrected chi connectivity index (χ0v) is 13.0. The van der Waals surface area contributed by atoms with Gasteiger partial charge in [0.1, 0.15) is 12.4 Å². The van der Waals surface area contributed by atoms with Gasteiger partial charge in [-0.15, -0.1) is 12.4 Å². The lowest BCUT2D eigenvalue weighted by Crippen LogP contribution is -2.33. The highest BCUT2D eigenvalue weighted by atomic mass is 35.5. The maximum absolute atomic E-state index is 13.3. The number of hydrogen-bond acceptors (Lipinski definition) is 3. The third-order valence-electron chi connectivity index (χ3n) is 3.74. The molecule has 1 aliphatic rings. The molecule has 3 N–H and O–H groups in total. The molecule has 0 unspecified atom stereocenters. The second-order valence-corrected chi connectivity index (χ2v) is 5.33. The molecule has 0 bridgehead atoms. The molecule has 0 aromatic heterocycles. The molecular formula is C15H21ClF2N2O2. The van der Waals surface area contributed by atoms with Crippen LogP contribution in [-0.2, 0) is 4.79 Å². The SMILES string of the molecule is Cl.N[C@@H]1CCC[C@H]1CC(=O)NCCOc1ccc(F)cc1F. The number of nitrogens with two attached hydrogens (primary N) is 1. The molecule has 0 radical (unpaired) electrons. The Morgan fingerprint density at radius 2 is 2.14 bits per heavy atom. The van der Waals surface area contributed by atoms with Gasteiger partial charge in [-0.05, 0) is 30.9 Å². The number of rotatable bonds is 6. The van der Waals surface area contributed by atoms with Crippen molar-refractivity contribution in [2.45, 2.75) is 31.7 Å². The third-order valence-corrected chi connectivity index (χ3v) is 3.74. The standard InChI is InChI=1S/C15H20F2N2O2.ClH/c16-11-4-5-14(12(17)9-11)21-7-6-19-15(20)8-10-2-1-3-13(10)18;/h4-5,9-10,13H,1-3,6-8,18H2,(H,19,20);1H/t10-,13+;/m0./s1. The molecule has 2 rings (SSSR count). The van der Waals surface area contributed by atoms with Gasteiger partial charge in [0.05, 0.1) is 6.54 Å². The molecule has 22 heavy (non-hydrogen) atoms. The number of carbonyl (C=O) groups excluding carboxylic acids is 1. The smallest absolute Gasteiger partial charge is 0.220 e. The molecule has 4 nitrogen and oxygen atoms in total. The summed E-state index contributed by atoms with van der Waals surface area (Å²) >= 11 is 0. The van der Waals surface area contributed by atoms with E-state index >= 15 is 0 Å². The Kier molecular flexibility index (Phi) is 7.55. The molecule has 0 spiro atoms. The van der Waals surface area contributed by atoms with Gasteiger partial charge in [-0.2, -0.15) is 0 Å². The van der Waals surface area contributed by atoms with E-state index in [2.05, 4.69) is 5.32 Å². The summed E-state index contributed by atoms with van der Waals surface area (Å²) in [6.45, 7) is 0.405. The van der Waals surface area contributed by atoms with Crippen LogP contribution in [0.3, 0.4) is 0 Å². The maximum atomic E-state index is 13.3. The predicted molar refractivity (Wildman–Crippen MR) is 82.0 cm³/mol. The lowest BCUT2D eigenvalue weighted by atomic mass is 10.00. The summed E-state index contributed by atoms with van der Waals surface area (Å²) in [7, 11) is 0. The van der Waals surface area contributed by atoms with Crippen LogP contribution >= 0.6 is 12.4 Å². The van der Waals surface area contributed by atoms with Crippen molar-refractivity contribution in [3.05, 3.63) is 29.8 Å². The van der Waals surface area contributed by atoms with Crippen LogP contribution in [0.5, 0.6) is 5.75 Å². The molecule has 1 saturated carbocycles. The number of amides is 1. The van der Waals surface area contributed by atoms with E-state index in [-0.39, 0.29) is 49.2 Å². The number of carbonyl (C=O) groups is 1. The van der Waals surface area contributed by atoms with Gasteiger partial charge in [0.25, 0.3) is 0 Å². The van der Waals surface area contributed by atoms with Crippen LogP contribution in [0.1, 0.15) is 25.7 Å². The average Bonchev–Trinajstić information content (AvgIpc) is 2.82. The second-order valence-electron chi connectivity index (χ2n) is 5.33. The van der Waals surface area contributed by atoms with E-state index in [4.69, 9.17) is 10.5 Å². The number of halogens is 3. The molecule has 2 atom stereocenters.